The maximum atomic E-state index is 15.0. The number of carbonyl (C=O) groups excluding carboxylic acids is 1. The number of nitrogens with one attached hydrogen (secondary N) is 3. The van der Waals surface area contributed by atoms with E-state index in [2.05, 4.69) is 16.0 Å². The molecule has 0 aromatic heterocycles. The van der Waals surface area contributed by atoms with Gasteiger partial charge in [-0.1, -0.05) is 37.6 Å². The average Bonchev–Trinajstić information content (AvgIpc) is 2.92. The molecule has 2 amide bonds. The number of aliphatic hydroxyl groups excluding tert-OH is 2. The number of anilines is 2. The molecule has 0 radical (unpaired) electrons. The summed E-state index contributed by atoms with van der Waals surface area (Å²) < 4.78 is 67.5. The summed E-state index contributed by atoms with van der Waals surface area (Å²) in [6, 6.07) is 6.58. The average molecular weight is 608 g/mol. The number of carbonyl (C=O) groups is 1. The summed E-state index contributed by atoms with van der Waals surface area (Å²) in [4.78, 5) is 15.6. The molecule has 5 N–H and O–H groups in total. The fourth-order valence-corrected chi connectivity index (χ4v) is 4.34. The number of rotatable bonds is 11. The van der Waals surface area contributed by atoms with E-state index in [4.69, 9.17) is 11.6 Å². The van der Waals surface area contributed by atoms with Crippen LogP contribution in [0.5, 0.6) is 0 Å². The first kappa shape index (κ1) is 32.6. The molecule has 1 saturated heterocycles. The van der Waals surface area contributed by atoms with Gasteiger partial charge in [0.15, 0.2) is 17.9 Å². The van der Waals surface area contributed by atoms with E-state index in [-0.39, 0.29) is 37.4 Å². The molecule has 0 bridgehead atoms. The van der Waals surface area contributed by atoms with E-state index >= 15 is 0 Å². The van der Waals surface area contributed by atoms with Gasteiger partial charge >= 0.3 is 12.2 Å². The van der Waals surface area contributed by atoms with Gasteiger partial charge in [-0.05, 0) is 18.2 Å². The van der Waals surface area contributed by atoms with Gasteiger partial charge in [0.2, 0.25) is 0 Å². The predicted octanol–water partition coefficient (Wildman–Crippen LogP) is 4.61. The summed E-state index contributed by atoms with van der Waals surface area (Å²) in [7, 11) is 0. The van der Waals surface area contributed by atoms with E-state index in [0.717, 1.165) is 0 Å². The molecule has 1 atom stereocenters. The van der Waals surface area contributed by atoms with E-state index in [9.17, 15) is 37.0 Å². The van der Waals surface area contributed by atoms with Crippen LogP contribution in [0.4, 0.5) is 38.1 Å². The lowest BCUT2D eigenvalue weighted by atomic mass is 9.95. The molecule has 228 valence electrons. The second kappa shape index (κ2) is 13.9. The summed E-state index contributed by atoms with van der Waals surface area (Å²) in [5.41, 5.74) is -0.111. The molecule has 8 nitrogen and oxygen atoms in total. The Morgan fingerprint density at radius 1 is 1.05 bits per heavy atom. The molecule has 2 aromatic carbocycles. The molecular formula is C27H35ClF5N5O3. The Bertz CT molecular complexity index is 1190. The molecule has 1 aliphatic rings. The highest BCUT2D eigenvalue weighted by molar-refractivity contribution is 6.31. The fourth-order valence-electron chi connectivity index (χ4n) is 4.18. The molecule has 41 heavy (non-hydrogen) atoms. The van der Waals surface area contributed by atoms with Gasteiger partial charge in [0.25, 0.3) is 0 Å². The summed E-state index contributed by atoms with van der Waals surface area (Å²) >= 11 is 6.18. The van der Waals surface area contributed by atoms with Crippen LogP contribution < -0.4 is 20.9 Å². The molecule has 2 aromatic rings. The summed E-state index contributed by atoms with van der Waals surface area (Å²) in [5.74, 6) is -2.52. The Morgan fingerprint density at radius 2 is 1.73 bits per heavy atom. The van der Waals surface area contributed by atoms with Gasteiger partial charge in [-0.25, -0.2) is 13.6 Å². The van der Waals surface area contributed by atoms with E-state index in [1.54, 1.807) is 36.9 Å². The molecule has 1 unspecified atom stereocenters. The van der Waals surface area contributed by atoms with Crippen LogP contribution in [0.1, 0.15) is 37.6 Å². The quantitative estimate of drug-likeness (QED) is 0.189. The molecule has 14 heteroatoms. The normalized spacial score (nSPS) is 15.5. The minimum absolute atomic E-state index is 0.0976. The molecular weight excluding hydrogens is 573 g/mol. The molecule has 1 heterocycles. The topological polar surface area (TPSA) is 100 Å². The van der Waals surface area contributed by atoms with Gasteiger partial charge in [0.1, 0.15) is 0 Å². The molecule has 0 aliphatic carbocycles. The van der Waals surface area contributed by atoms with Gasteiger partial charge in [-0.2, -0.15) is 13.2 Å². The van der Waals surface area contributed by atoms with Gasteiger partial charge in [-0.15, -0.1) is 0 Å². The van der Waals surface area contributed by atoms with Crippen molar-refractivity contribution in [1.29, 1.82) is 0 Å². The summed E-state index contributed by atoms with van der Waals surface area (Å²) in [6.07, 6.45) is -6.77. The third kappa shape index (κ3) is 9.59. The maximum Gasteiger partial charge on any atom is 0.390 e. The van der Waals surface area contributed by atoms with Crippen molar-refractivity contribution < 1.29 is 37.0 Å². The Morgan fingerprint density at radius 3 is 2.37 bits per heavy atom. The van der Waals surface area contributed by atoms with E-state index < -0.39 is 41.9 Å². The number of hydrogen-bond acceptors (Lipinski definition) is 6. The second-order valence-electron chi connectivity index (χ2n) is 10.7. The van der Waals surface area contributed by atoms with E-state index in [1.807, 2.05) is 4.90 Å². The zero-order chi connectivity index (χ0) is 30.4. The predicted molar refractivity (Wildman–Crippen MR) is 147 cm³/mol. The number of alkyl halides is 3. The summed E-state index contributed by atoms with van der Waals surface area (Å²) in [5, 5.41) is 28.1. The van der Waals surface area contributed by atoms with Crippen LogP contribution in [0.3, 0.4) is 0 Å². The first-order valence-electron chi connectivity index (χ1n) is 13.1. The van der Waals surface area contributed by atoms with Crippen molar-refractivity contribution in [1.82, 2.24) is 15.5 Å². The third-order valence-corrected chi connectivity index (χ3v) is 6.99. The third-order valence-electron chi connectivity index (χ3n) is 6.76. The van der Waals surface area contributed by atoms with Crippen molar-refractivity contribution in [3.63, 3.8) is 0 Å². The number of hydrogen-bond donors (Lipinski definition) is 5. The van der Waals surface area contributed by atoms with Crippen molar-refractivity contribution in [2.75, 3.05) is 56.1 Å². The van der Waals surface area contributed by atoms with Gasteiger partial charge in [0.05, 0.1) is 17.8 Å². The lowest BCUT2D eigenvalue weighted by Gasteiger charge is -2.37. The number of nitrogens with zero attached hydrogens (tertiary/aromatic N) is 2. The number of amides is 2. The number of benzene rings is 2. The number of aliphatic hydroxyl groups is 2. The molecule has 1 fully saturated rings. The first-order chi connectivity index (χ1) is 19.2. The number of piperazine rings is 1. The first-order valence-corrected chi connectivity index (χ1v) is 13.4. The molecule has 1 aliphatic heterocycles. The van der Waals surface area contributed by atoms with Gasteiger partial charge < -0.3 is 31.1 Å². The van der Waals surface area contributed by atoms with Crippen LogP contribution in [-0.2, 0) is 6.54 Å². The Balaban J connectivity index is 1.64. The monoisotopic (exact) mass is 607 g/mol. The standard InChI is InChI=1S/C27H35ClF5N5O3/c1-26(2,16-39)15-35-25(41)34-14-17-3-5-19(23(30)22(17)29)24(40)36-20-6-4-18(28)13-21(20)38-11-9-37(10-12-38)8-7-27(31,32)33/h3-6,13,24,36,39-40H,7-12,14-16H2,1-2H3,(H2,34,35,41). The lowest BCUT2D eigenvalue weighted by Crippen LogP contribution is -2.47. The Kier molecular flexibility index (Phi) is 11.0. The SMILES string of the molecule is CC(C)(CO)CNC(=O)NCc1ccc(C(O)Nc2ccc(Cl)cc2N2CCN(CCC(F)(F)F)CC2)c(F)c1F. The lowest BCUT2D eigenvalue weighted by molar-refractivity contribution is -0.138. The van der Waals surface area contributed by atoms with Crippen LogP contribution >= 0.6 is 11.6 Å². The fraction of sp³-hybridized carbons (Fsp3) is 0.519. The Hall–Kier alpha value is -2.87. The maximum absolute atomic E-state index is 15.0. The molecule has 0 saturated carbocycles. The van der Waals surface area contributed by atoms with Crippen molar-refractivity contribution in [2.24, 2.45) is 5.41 Å². The van der Waals surface area contributed by atoms with Crippen molar-refractivity contribution in [2.45, 2.75) is 39.2 Å². The van der Waals surface area contributed by atoms with Gasteiger partial charge in [0, 0.05) is 74.0 Å². The smallest absolute Gasteiger partial charge is 0.390 e. The van der Waals surface area contributed by atoms with Gasteiger partial charge in [-0.3, -0.25) is 4.90 Å². The van der Waals surface area contributed by atoms with Crippen LogP contribution in [0.25, 0.3) is 0 Å². The zero-order valence-corrected chi connectivity index (χ0v) is 23.5. The van der Waals surface area contributed by atoms with Crippen LogP contribution in [0.2, 0.25) is 5.02 Å². The van der Waals surface area contributed by atoms with E-state index in [1.165, 1.54) is 12.1 Å². The summed E-state index contributed by atoms with van der Waals surface area (Å²) in [6.45, 7) is 4.68. The van der Waals surface area contributed by atoms with Crippen molar-refractivity contribution in [3.8, 4) is 0 Å². The second-order valence-corrected chi connectivity index (χ2v) is 11.1. The van der Waals surface area contributed by atoms with Crippen molar-refractivity contribution in [3.05, 3.63) is 58.1 Å². The van der Waals surface area contributed by atoms with Crippen molar-refractivity contribution >= 4 is 29.0 Å². The Labute approximate surface area is 240 Å². The largest absolute Gasteiger partial charge is 0.396 e. The number of halogens is 6. The molecule has 0 spiro atoms. The van der Waals surface area contributed by atoms with E-state index in [0.29, 0.717) is 42.6 Å². The number of urea groups is 1. The molecule has 3 rings (SSSR count). The van der Waals surface area contributed by atoms with Crippen LogP contribution in [0.15, 0.2) is 30.3 Å². The van der Waals surface area contributed by atoms with Crippen LogP contribution in [0, 0.1) is 17.0 Å². The zero-order valence-electron chi connectivity index (χ0n) is 22.8. The highest BCUT2D eigenvalue weighted by Gasteiger charge is 2.29. The minimum atomic E-state index is -4.23. The minimum Gasteiger partial charge on any atom is -0.396 e. The highest BCUT2D eigenvalue weighted by Crippen LogP contribution is 2.33. The highest BCUT2D eigenvalue weighted by atomic mass is 35.5. The van der Waals surface area contributed by atoms with Crippen LogP contribution in [-0.4, -0.2) is 73.2 Å².